The first kappa shape index (κ1) is 12.8. The molecule has 1 aliphatic heterocycles. The number of hydrogen-bond acceptors (Lipinski definition) is 2. The lowest BCUT2D eigenvalue weighted by molar-refractivity contribution is 0.0423. The van der Waals surface area contributed by atoms with Crippen LogP contribution in [0.3, 0.4) is 0 Å². The minimum atomic E-state index is 0.594. The highest BCUT2D eigenvalue weighted by molar-refractivity contribution is 5.16. The van der Waals surface area contributed by atoms with Crippen molar-refractivity contribution >= 4 is 0 Å². The molecule has 1 aromatic carbocycles. The summed E-state index contributed by atoms with van der Waals surface area (Å²) in [6.07, 6.45) is 5.97. The molecule has 1 heterocycles. The molecule has 0 amide bonds. The van der Waals surface area contributed by atoms with Crippen LogP contribution in [0.1, 0.15) is 31.2 Å². The van der Waals surface area contributed by atoms with Gasteiger partial charge in [-0.3, -0.25) is 4.90 Å². The van der Waals surface area contributed by atoms with Gasteiger partial charge in [-0.05, 0) is 36.2 Å². The van der Waals surface area contributed by atoms with Crippen molar-refractivity contribution in [1.82, 2.24) is 4.90 Å². The second kappa shape index (κ2) is 5.50. The summed E-state index contributed by atoms with van der Waals surface area (Å²) in [6, 6.07) is 10.9. The molecule has 1 saturated heterocycles. The number of rotatable bonds is 5. The maximum absolute atomic E-state index is 6.10. The van der Waals surface area contributed by atoms with Crippen LogP contribution in [0.5, 0.6) is 0 Å². The molecule has 4 rings (SSSR count). The molecule has 2 atom stereocenters. The second-order valence-electron chi connectivity index (χ2n) is 6.91. The first-order valence-electron chi connectivity index (χ1n) is 8.28. The van der Waals surface area contributed by atoms with Crippen LogP contribution < -0.4 is 0 Å². The average molecular weight is 271 g/mol. The summed E-state index contributed by atoms with van der Waals surface area (Å²) in [5.74, 6) is 2.74. The van der Waals surface area contributed by atoms with Crippen molar-refractivity contribution in [3.8, 4) is 0 Å². The van der Waals surface area contributed by atoms with Crippen LogP contribution in [0, 0.1) is 17.8 Å². The van der Waals surface area contributed by atoms with Crippen LogP contribution in [-0.2, 0) is 11.3 Å². The Balaban J connectivity index is 1.21. The minimum Gasteiger partial charge on any atom is -0.378 e. The molecule has 2 saturated carbocycles. The van der Waals surface area contributed by atoms with E-state index in [9.17, 15) is 0 Å². The van der Waals surface area contributed by atoms with Crippen LogP contribution >= 0.6 is 0 Å². The van der Waals surface area contributed by atoms with Gasteiger partial charge in [-0.25, -0.2) is 0 Å². The Bertz CT molecular complexity index is 428. The van der Waals surface area contributed by atoms with Crippen LogP contribution in [0.4, 0.5) is 0 Å². The van der Waals surface area contributed by atoms with Crippen LogP contribution in [0.15, 0.2) is 30.3 Å². The smallest absolute Gasteiger partial charge is 0.0575 e. The highest BCUT2D eigenvalue weighted by Gasteiger charge is 2.55. The van der Waals surface area contributed by atoms with E-state index in [1.165, 1.54) is 44.3 Å². The molecule has 0 N–H and O–H groups in total. The Hall–Kier alpha value is -0.860. The largest absolute Gasteiger partial charge is 0.378 e. The molecule has 3 fully saturated rings. The van der Waals surface area contributed by atoms with Gasteiger partial charge in [-0.2, -0.15) is 0 Å². The number of hydrogen-bond donors (Lipinski definition) is 0. The molecule has 0 radical (unpaired) electrons. The van der Waals surface area contributed by atoms with Gasteiger partial charge in [0, 0.05) is 19.6 Å². The lowest BCUT2D eigenvalue weighted by Gasteiger charge is -2.20. The molecule has 2 nitrogen and oxygen atoms in total. The van der Waals surface area contributed by atoms with Gasteiger partial charge in [0.1, 0.15) is 0 Å². The van der Waals surface area contributed by atoms with Gasteiger partial charge in [-0.15, -0.1) is 0 Å². The third-order valence-electron chi connectivity index (χ3n) is 5.52. The lowest BCUT2D eigenvalue weighted by Crippen LogP contribution is -2.25. The predicted octanol–water partition coefficient (Wildman–Crippen LogP) is 3.32. The maximum Gasteiger partial charge on any atom is 0.0575 e. The summed E-state index contributed by atoms with van der Waals surface area (Å²) in [4.78, 5) is 2.62. The second-order valence-corrected chi connectivity index (χ2v) is 6.91. The van der Waals surface area contributed by atoms with Gasteiger partial charge in [-0.1, -0.05) is 43.2 Å². The summed E-state index contributed by atoms with van der Waals surface area (Å²) in [5, 5.41) is 0. The Kier molecular flexibility index (Phi) is 3.53. The standard InChI is InChI=1S/C18H25NO/c1-2-6-14(7-3-1)10-19-11-16-17(12-19)18(16)13-20-15-8-4-5-9-15/h1-3,6-7,15-18H,4-5,8-13H2. The van der Waals surface area contributed by atoms with Crippen molar-refractivity contribution < 1.29 is 4.74 Å². The van der Waals surface area contributed by atoms with E-state index in [-0.39, 0.29) is 0 Å². The van der Waals surface area contributed by atoms with Gasteiger partial charge in [0.15, 0.2) is 0 Å². The third kappa shape index (κ3) is 2.64. The van der Waals surface area contributed by atoms with Crippen molar-refractivity contribution in [2.24, 2.45) is 17.8 Å². The highest BCUT2D eigenvalue weighted by Crippen LogP contribution is 2.52. The molecule has 1 aromatic rings. The number of nitrogens with zero attached hydrogens (tertiary/aromatic N) is 1. The topological polar surface area (TPSA) is 12.5 Å². The van der Waals surface area contributed by atoms with Crippen molar-refractivity contribution in [2.75, 3.05) is 19.7 Å². The van der Waals surface area contributed by atoms with E-state index < -0.39 is 0 Å². The molecule has 20 heavy (non-hydrogen) atoms. The lowest BCUT2D eigenvalue weighted by atomic mass is 10.2. The van der Waals surface area contributed by atoms with Crippen molar-refractivity contribution in [3.63, 3.8) is 0 Å². The summed E-state index contributed by atoms with van der Waals surface area (Å²) in [7, 11) is 0. The maximum atomic E-state index is 6.10. The van der Waals surface area contributed by atoms with E-state index >= 15 is 0 Å². The number of fused-ring (bicyclic) bond motifs is 1. The van der Waals surface area contributed by atoms with E-state index in [1.807, 2.05) is 0 Å². The molecule has 108 valence electrons. The zero-order valence-corrected chi connectivity index (χ0v) is 12.2. The van der Waals surface area contributed by atoms with E-state index in [1.54, 1.807) is 0 Å². The Labute approximate surface area is 122 Å². The summed E-state index contributed by atoms with van der Waals surface area (Å²) < 4.78 is 6.10. The molecular weight excluding hydrogens is 246 g/mol. The minimum absolute atomic E-state index is 0.594. The molecule has 0 aromatic heterocycles. The van der Waals surface area contributed by atoms with Gasteiger partial charge in [0.25, 0.3) is 0 Å². The first-order valence-corrected chi connectivity index (χ1v) is 8.28. The zero-order valence-electron chi connectivity index (χ0n) is 12.2. The van der Waals surface area contributed by atoms with Crippen molar-refractivity contribution in [3.05, 3.63) is 35.9 Å². The van der Waals surface area contributed by atoms with E-state index in [0.717, 1.165) is 30.9 Å². The normalized spacial score (nSPS) is 33.5. The van der Waals surface area contributed by atoms with Gasteiger partial charge in [0.2, 0.25) is 0 Å². The zero-order chi connectivity index (χ0) is 13.4. The molecule has 0 bridgehead atoms. The number of likely N-dealkylation sites (tertiary alicyclic amines) is 1. The van der Waals surface area contributed by atoms with Crippen molar-refractivity contribution in [2.45, 2.75) is 38.3 Å². The van der Waals surface area contributed by atoms with E-state index in [4.69, 9.17) is 4.74 Å². The van der Waals surface area contributed by atoms with E-state index in [2.05, 4.69) is 35.2 Å². The van der Waals surface area contributed by atoms with Crippen LogP contribution in [0.2, 0.25) is 0 Å². The fourth-order valence-electron chi connectivity index (χ4n) is 4.26. The summed E-state index contributed by atoms with van der Waals surface area (Å²) in [5.41, 5.74) is 1.45. The fourth-order valence-corrected chi connectivity index (χ4v) is 4.26. The monoisotopic (exact) mass is 271 g/mol. The van der Waals surface area contributed by atoms with E-state index in [0.29, 0.717) is 6.10 Å². The summed E-state index contributed by atoms with van der Waals surface area (Å²) in [6.45, 7) is 4.75. The Morgan fingerprint density at radius 1 is 1.00 bits per heavy atom. The molecular formula is C18H25NO. The number of piperidine rings is 1. The average Bonchev–Trinajstić information content (AvgIpc) is 2.91. The Morgan fingerprint density at radius 2 is 1.70 bits per heavy atom. The Morgan fingerprint density at radius 3 is 2.40 bits per heavy atom. The number of benzene rings is 1. The van der Waals surface area contributed by atoms with Gasteiger partial charge in [0.05, 0.1) is 12.7 Å². The number of ether oxygens (including phenoxy) is 1. The first-order chi connectivity index (χ1) is 9.90. The third-order valence-corrected chi connectivity index (χ3v) is 5.52. The molecule has 2 unspecified atom stereocenters. The van der Waals surface area contributed by atoms with Gasteiger partial charge < -0.3 is 4.74 Å². The quantitative estimate of drug-likeness (QED) is 0.814. The van der Waals surface area contributed by atoms with Crippen LogP contribution in [0.25, 0.3) is 0 Å². The predicted molar refractivity (Wildman–Crippen MR) is 80.4 cm³/mol. The van der Waals surface area contributed by atoms with Crippen LogP contribution in [-0.4, -0.2) is 30.7 Å². The fraction of sp³-hybridized carbons (Fsp3) is 0.667. The van der Waals surface area contributed by atoms with Crippen molar-refractivity contribution in [1.29, 1.82) is 0 Å². The molecule has 2 aliphatic carbocycles. The summed E-state index contributed by atoms with van der Waals surface area (Å²) >= 11 is 0. The SMILES string of the molecule is c1ccc(CN2CC3C(COC4CCCC4)C3C2)cc1. The molecule has 2 heteroatoms. The highest BCUT2D eigenvalue weighted by atomic mass is 16.5. The van der Waals surface area contributed by atoms with Gasteiger partial charge >= 0.3 is 0 Å². The molecule has 3 aliphatic rings. The molecule has 0 spiro atoms.